The molecule has 1 aromatic carbocycles. The summed E-state index contributed by atoms with van der Waals surface area (Å²) in [6, 6.07) is 7.49. The lowest BCUT2D eigenvalue weighted by molar-refractivity contribution is 0.0697. The van der Waals surface area contributed by atoms with Crippen LogP contribution >= 0.6 is 0 Å². The molecule has 1 atom stereocenters. The second-order valence-corrected chi connectivity index (χ2v) is 7.33. The molecule has 132 valence electrons. The fourth-order valence-corrected chi connectivity index (χ4v) is 4.22. The first-order chi connectivity index (χ1) is 11.7. The normalized spacial score (nSPS) is 22.0. The molecule has 1 fully saturated rings. The maximum absolute atomic E-state index is 11.0. The Bertz CT molecular complexity index is 509. The molecule has 1 aliphatic rings. The summed E-state index contributed by atoms with van der Waals surface area (Å²) in [5.41, 5.74) is 1.64. The summed E-state index contributed by atoms with van der Waals surface area (Å²) in [7, 11) is 0. The van der Waals surface area contributed by atoms with Crippen LogP contribution in [0.1, 0.15) is 86.6 Å². The van der Waals surface area contributed by atoms with Crippen molar-refractivity contribution in [3.8, 4) is 0 Å². The maximum atomic E-state index is 11.0. The van der Waals surface area contributed by atoms with Crippen molar-refractivity contribution < 1.29 is 9.90 Å². The molecule has 24 heavy (non-hydrogen) atoms. The number of carboxylic acid groups (broad SMARTS) is 1. The Morgan fingerprint density at radius 3 is 2.42 bits per heavy atom. The van der Waals surface area contributed by atoms with E-state index in [0.29, 0.717) is 17.4 Å². The highest BCUT2D eigenvalue weighted by Gasteiger charge is 2.27. The van der Waals surface area contributed by atoms with Gasteiger partial charge in [-0.05, 0) is 54.7 Å². The SMILES string of the molecule is C=CCC(c1ccc(C(=O)O)cc1)[C@H]1CC[C@H](CCCCC)CC1. The lowest BCUT2D eigenvalue weighted by Gasteiger charge is -2.34. The molecule has 0 saturated heterocycles. The van der Waals surface area contributed by atoms with Crippen LogP contribution in [0, 0.1) is 11.8 Å². The third-order valence-corrected chi connectivity index (χ3v) is 5.68. The molecule has 2 heteroatoms. The first-order valence-corrected chi connectivity index (χ1v) is 9.59. The summed E-state index contributed by atoms with van der Waals surface area (Å²) in [5, 5.41) is 9.07. The predicted molar refractivity (Wildman–Crippen MR) is 101 cm³/mol. The van der Waals surface area contributed by atoms with E-state index in [-0.39, 0.29) is 0 Å². The van der Waals surface area contributed by atoms with Crippen molar-refractivity contribution in [3.63, 3.8) is 0 Å². The quantitative estimate of drug-likeness (QED) is 0.419. The molecule has 2 nitrogen and oxygen atoms in total. The van der Waals surface area contributed by atoms with Gasteiger partial charge < -0.3 is 5.11 Å². The van der Waals surface area contributed by atoms with Gasteiger partial charge in [-0.15, -0.1) is 6.58 Å². The molecule has 0 aromatic heterocycles. The van der Waals surface area contributed by atoms with Gasteiger partial charge in [-0.1, -0.05) is 63.7 Å². The molecular weight excluding hydrogens is 296 g/mol. The standard InChI is InChI=1S/C22H32O2/c1-3-5-6-8-17-9-11-18(12-10-17)21(7-4-2)19-13-15-20(16-14-19)22(23)24/h4,13-18,21H,2-3,5-12H2,1H3,(H,23,24)/t17-,18-,21?. The highest BCUT2D eigenvalue weighted by atomic mass is 16.4. The molecule has 0 radical (unpaired) electrons. The van der Waals surface area contributed by atoms with Gasteiger partial charge in [-0.2, -0.15) is 0 Å². The van der Waals surface area contributed by atoms with E-state index in [0.717, 1.165) is 12.3 Å². The zero-order chi connectivity index (χ0) is 17.4. The van der Waals surface area contributed by atoms with Crippen molar-refractivity contribution >= 4 is 5.97 Å². The maximum Gasteiger partial charge on any atom is 0.335 e. The van der Waals surface area contributed by atoms with E-state index in [9.17, 15) is 4.79 Å². The average Bonchev–Trinajstić information content (AvgIpc) is 2.61. The molecule has 0 spiro atoms. The van der Waals surface area contributed by atoms with E-state index < -0.39 is 5.97 Å². The molecule has 1 unspecified atom stereocenters. The van der Waals surface area contributed by atoms with Crippen molar-refractivity contribution in [1.82, 2.24) is 0 Å². The minimum Gasteiger partial charge on any atom is -0.478 e. The number of carbonyl (C=O) groups is 1. The number of hydrogen-bond acceptors (Lipinski definition) is 1. The third-order valence-electron chi connectivity index (χ3n) is 5.68. The van der Waals surface area contributed by atoms with Crippen LogP contribution < -0.4 is 0 Å². The number of allylic oxidation sites excluding steroid dienone is 1. The van der Waals surface area contributed by atoms with Crippen LogP contribution in [-0.2, 0) is 0 Å². The summed E-state index contributed by atoms with van der Waals surface area (Å²) in [4.78, 5) is 11.0. The zero-order valence-corrected chi connectivity index (χ0v) is 15.0. The fourth-order valence-electron chi connectivity index (χ4n) is 4.22. The first kappa shape index (κ1) is 18.8. The van der Waals surface area contributed by atoms with Crippen LogP contribution in [0.15, 0.2) is 36.9 Å². The van der Waals surface area contributed by atoms with Gasteiger partial charge in [0.2, 0.25) is 0 Å². The summed E-state index contributed by atoms with van der Waals surface area (Å²) < 4.78 is 0. The van der Waals surface area contributed by atoms with Crippen LogP contribution in [0.5, 0.6) is 0 Å². The molecule has 0 amide bonds. The van der Waals surface area contributed by atoms with Crippen molar-refractivity contribution in [2.24, 2.45) is 11.8 Å². The minimum atomic E-state index is -0.852. The van der Waals surface area contributed by atoms with Crippen molar-refractivity contribution in [2.45, 2.75) is 70.6 Å². The fraction of sp³-hybridized carbons (Fsp3) is 0.591. The largest absolute Gasteiger partial charge is 0.478 e. The Kier molecular flexibility index (Phi) is 7.55. The summed E-state index contributed by atoms with van der Waals surface area (Å²) in [5.74, 6) is 1.27. The molecular formula is C22H32O2. The van der Waals surface area contributed by atoms with Crippen molar-refractivity contribution in [2.75, 3.05) is 0 Å². The molecule has 2 rings (SSSR count). The summed E-state index contributed by atoms with van der Waals surface area (Å²) in [6.07, 6.45) is 13.8. The van der Waals surface area contributed by atoms with E-state index in [1.807, 2.05) is 18.2 Å². The molecule has 1 aliphatic carbocycles. The molecule has 1 saturated carbocycles. The lowest BCUT2D eigenvalue weighted by atomic mass is 9.71. The molecule has 1 N–H and O–H groups in total. The van der Waals surface area contributed by atoms with E-state index in [4.69, 9.17) is 5.11 Å². The Balaban J connectivity index is 1.96. The molecule has 0 bridgehead atoms. The van der Waals surface area contributed by atoms with E-state index >= 15 is 0 Å². The number of hydrogen-bond donors (Lipinski definition) is 1. The van der Waals surface area contributed by atoms with Crippen LogP contribution in [0.4, 0.5) is 0 Å². The number of benzene rings is 1. The lowest BCUT2D eigenvalue weighted by Crippen LogP contribution is -2.20. The van der Waals surface area contributed by atoms with E-state index in [1.54, 1.807) is 12.1 Å². The van der Waals surface area contributed by atoms with Gasteiger partial charge >= 0.3 is 5.97 Å². The third kappa shape index (κ3) is 5.22. The number of aromatic carboxylic acids is 1. The van der Waals surface area contributed by atoms with Crippen LogP contribution in [0.2, 0.25) is 0 Å². The van der Waals surface area contributed by atoms with Gasteiger partial charge in [-0.3, -0.25) is 0 Å². The topological polar surface area (TPSA) is 37.3 Å². The molecule has 0 aliphatic heterocycles. The smallest absolute Gasteiger partial charge is 0.335 e. The second-order valence-electron chi connectivity index (χ2n) is 7.33. The van der Waals surface area contributed by atoms with Gasteiger partial charge in [0.25, 0.3) is 0 Å². The number of carboxylic acids is 1. The number of unbranched alkanes of at least 4 members (excludes halogenated alkanes) is 2. The van der Waals surface area contributed by atoms with Gasteiger partial charge in [0.05, 0.1) is 5.56 Å². The zero-order valence-electron chi connectivity index (χ0n) is 15.0. The number of rotatable bonds is 9. The average molecular weight is 328 g/mol. The predicted octanol–water partition coefficient (Wildman–Crippen LogP) is 6.43. The first-order valence-electron chi connectivity index (χ1n) is 9.59. The summed E-state index contributed by atoms with van der Waals surface area (Å²) in [6.45, 7) is 6.21. The summed E-state index contributed by atoms with van der Waals surface area (Å²) >= 11 is 0. The van der Waals surface area contributed by atoms with Gasteiger partial charge in [0.1, 0.15) is 0 Å². The highest BCUT2D eigenvalue weighted by Crippen LogP contribution is 2.41. The van der Waals surface area contributed by atoms with Crippen molar-refractivity contribution in [1.29, 1.82) is 0 Å². The van der Waals surface area contributed by atoms with Crippen LogP contribution in [0.25, 0.3) is 0 Å². The second kappa shape index (κ2) is 9.66. The van der Waals surface area contributed by atoms with Gasteiger partial charge in [0.15, 0.2) is 0 Å². The van der Waals surface area contributed by atoms with Gasteiger partial charge in [-0.25, -0.2) is 4.79 Å². The van der Waals surface area contributed by atoms with E-state index in [1.165, 1.54) is 56.9 Å². The van der Waals surface area contributed by atoms with Crippen LogP contribution in [0.3, 0.4) is 0 Å². The van der Waals surface area contributed by atoms with Gasteiger partial charge in [0, 0.05) is 0 Å². The highest BCUT2D eigenvalue weighted by molar-refractivity contribution is 5.87. The Morgan fingerprint density at radius 2 is 1.88 bits per heavy atom. The Labute approximate surface area is 147 Å². The molecule has 1 aromatic rings. The monoisotopic (exact) mass is 328 g/mol. The Morgan fingerprint density at radius 1 is 1.21 bits per heavy atom. The minimum absolute atomic E-state index is 0.371. The van der Waals surface area contributed by atoms with Crippen molar-refractivity contribution in [3.05, 3.63) is 48.0 Å². The molecule has 0 heterocycles. The van der Waals surface area contributed by atoms with E-state index in [2.05, 4.69) is 13.5 Å². The Hall–Kier alpha value is -1.57. The van der Waals surface area contributed by atoms with Crippen LogP contribution in [-0.4, -0.2) is 11.1 Å².